The highest BCUT2D eigenvalue weighted by atomic mass is 32.2. The third kappa shape index (κ3) is 7.46. The number of hydrogen-bond donors (Lipinski definition) is 2. The van der Waals surface area contributed by atoms with Crippen LogP contribution in [0.5, 0.6) is 0 Å². The second-order valence-corrected chi connectivity index (χ2v) is 5.95. The van der Waals surface area contributed by atoms with E-state index in [4.69, 9.17) is 9.84 Å². The molecule has 0 bridgehead atoms. The number of carboxylic acids is 1. The van der Waals surface area contributed by atoms with Crippen molar-refractivity contribution in [1.29, 1.82) is 0 Å². The van der Waals surface area contributed by atoms with Gasteiger partial charge < -0.3 is 15.2 Å². The molecule has 0 saturated carbocycles. The van der Waals surface area contributed by atoms with Crippen LogP contribution in [0, 0.1) is 0 Å². The predicted molar refractivity (Wildman–Crippen MR) is 80.5 cm³/mol. The molecular weight excluding hydrogens is 300 g/mol. The molecule has 1 heterocycles. The van der Waals surface area contributed by atoms with Gasteiger partial charge in [0.1, 0.15) is 0 Å². The molecule has 8 heteroatoms. The van der Waals surface area contributed by atoms with Crippen LogP contribution in [0.2, 0.25) is 0 Å². The normalized spacial score (nSPS) is 10.4. The topological polar surface area (TPSA) is 88.5 Å². The smallest absolute Gasteiger partial charge is 0.303 e. The number of amides is 1. The Balaban J connectivity index is 2.25. The monoisotopic (exact) mass is 318 g/mol. The fraction of sp³-hybridized carbons (Fsp3) is 0.583. The van der Waals surface area contributed by atoms with E-state index in [9.17, 15) is 9.59 Å². The van der Waals surface area contributed by atoms with Crippen molar-refractivity contribution in [2.24, 2.45) is 0 Å². The fourth-order valence-electron chi connectivity index (χ4n) is 1.36. The molecule has 1 amide bonds. The van der Waals surface area contributed by atoms with Gasteiger partial charge in [-0.05, 0) is 12.8 Å². The number of hydrogen-bond acceptors (Lipinski definition) is 6. The number of anilines is 1. The summed E-state index contributed by atoms with van der Waals surface area (Å²) in [6, 6.07) is 0. The molecule has 0 saturated heterocycles. The SMILES string of the molecule is COCCSCC(=O)Nc1nc(CCCC(=O)O)cs1. The molecule has 1 rings (SSSR count). The highest BCUT2D eigenvalue weighted by Crippen LogP contribution is 2.17. The number of aliphatic carboxylic acids is 1. The average Bonchev–Trinajstić information content (AvgIpc) is 2.82. The lowest BCUT2D eigenvalue weighted by atomic mass is 10.2. The quantitative estimate of drug-likeness (QED) is 0.640. The third-order valence-electron chi connectivity index (χ3n) is 2.29. The van der Waals surface area contributed by atoms with Crippen molar-refractivity contribution in [3.05, 3.63) is 11.1 Å². The van der Waals surface area contributed by atoms with E-state index in [2.05, 4.69) is 10.3 Å². The molecule has 0 aliphatic carbocycles. The van der Waals surface area contributed by atoms with Gasteiger partial charge in [0.2, 0.25) is 5.91 Å². The molecule has 6 nitrogen and oxygen atoms in total. The molecule has 0 atom stereocenters. The lowest BCUT2D eigenvalue weighted by Crippen LogP contribution is -2.14. The summed E-state index contributed by atoms with van der Waals surface area (Å²) in [5, 5.41) is 13.7. The number of nitrogens with zero attached hydrogens (tertiary/aromatic N) is 1. The Morgan fingerprint density at radius 3 is 3.05 bits per heavy atom. The fourth-order valence-corrected chi connectivity index (χ4v) is 2.81. The zero-order valence-corrected chi connectivity index (χ0v) is 12.9. The molecule has 0 radical (unpaired) electrons. The molecule has 0 fully saturated rings. The predicted octanol–water partition coefficient (Wildman–Crippen LogP) is 1.87. The Hall–Kier alpha value is -1.12. The molecule has 0 aromatic carbocycles. The summed E-state index contributed by atoms with van der Waals surface area (Å²) < 4.78 is 4.89. The van der Waals surface area contributed by atoms with E-state index in [1.807, 2.05) is 5.38 Å². The average molecular weight is 318 g/mol. The second kappa shape index (κ2) is 9.73. The van der Waals surface area contributed by atoms with Crippen LogP contribution < -0.4 is 5.32 Å². The van der Waals surface area contributed by atoms with Gasteiger partial charge >= 0.3 is 5.97 Å². The number of aryl methyl sites for hydroxylation is 1. The zero-order valence-electron chi connectivity index (χ0n) is 11.3. The van der Waals surface area contributed by atoms with Crippen LogP contribution in [0.1, 0.15) is 18.5 Å². The minimum atomic E-state index is -0.804. The van der Waals surface area contributed by atoms with Crippen LogP contribution in [-0.4, -0.2) is 47.2 Å². The van der Waals surface area contributed by atoms with E-state index >= 15 is 0 Å². The highest BCUT2D eigenvalue weighted by Gasteiger charge is 2.07. The summed E-state index contributed by atoms with van der Waals surface area (Å²) in [4.78, 5) is 26.3. The van der Waals surface area contributed by atoms with Gasteiger partial charge in [-0.1, -0.05) is 0 Å². The van der Waals surface area contributed by atoms with Gasteiger partial charge in [0.15, 0.2) is 5.13 Å². The molecule has 0 aliphatic heterocycles. The van der Waals surface area contributed by atoms with E-state index < -0.39 is 5.97 Å². The number of carbonyl (C=O) groups excluding carboxylic acids is 1. The van der Waals surface area contributed by atoms with Crippen molar-refractivity contribution < 1.29 is 19.4 Å². The van der Waals surface area contributed by atoms with Crippen molar-refractivity contribution in [3.8, 4) is 0 Å². The number of aromatic nitrogens is 1. The minimum Gasteiger partial charge on any atom is -0.481 e. The Morgan fingerprint density at radius 1 is 1.55 bits per heavy atom. The maximum absolute atomic E-state index is 11.6. The van der Waals surface area contributed by atoms with Crippen molar-refractivity contribution in [2.45, 2.75) is 19.3 Å². The van der Waals surface area contributed by atoms with Gasteiger partial charge in [0.05, 0.1) is 18.1 Å². The van der Waals surface area contributed by atoms with Crippen molar-refractivity contribution in [1.82, 2.24) is 4.98 Å². The first kappa shape index (κ1) is 16.9. The Morgan fingerprint density at radius 2 is 2.35 bits per heavy atom. The van der Waals surface area contributed by atoms with Gasteiger partial charge in [-0.25, -0.2) is 4.98 Å². The number of methoxy groups -OCH3 is 1. The summed E-state index contributed by atoms with van der Waals surface area (Å²) in [6.45, 7) is 0.628. The first-order valence-electron chi connectivity index (χ1n) is 6.14. The zero-order chi connectivity index (χ0) is 14.8. The van der Waals surface area contributed by atoms with Crippen LogP contribution in [0.15, 0.2) is 5.38 Å². The van der Waals surface area contributed by atoms with Gasteiger partial charge in [-0.3, -0.25) is 9.59 Å². The van der Waals surface area contributed by atoms with Gasteiger partial charge in [0, 0.05) is 24.7 Å². The molecule has 0 spiro atoms. The maximum atomic E-state index is 11.6. The summed E-state index contributed by atoms with van der Waals surface area (Å²) in [7, 11) is 1.63. The maximum Gasteiger partial charge on any atom is 0.303 e. The van der Waals surface area contributed by atoms with Gasteiger partial charge in [0.25, 0.3) is 0 Å². The van der Waals surface area contributed by atoms with Crippen LogP contribution >= 0.6 is 23.1 Å². The van der Waals surface area contributed by atoms with Crippen LogP contribution in [0.3, 0.4) is 0 Å². The van der Waals surface area contributed by atoms with E-state index in [0.717, 1.165) is 11.4 Å². The molecule has 1 aromatic heterocycles. The Bertz CT molecular complexity index is 437. The van der Waals surface area contributed by atoms with E-state index in [1.54, 1.807) is 7.11 Å². The number of ether oxygens (including phenoxy) is 1. The second-order valence-electron chi connectivity index (χ2n) is 3.98. The molecule has 0 aliphatic rings. The summed E-state index contributed by atoms with van der Waals surface area (Å²) >= 11 is 2.86. The van der Waals surface area contributed by atoms with Crippen molar-refractivity contribution >= 4 is 40.1 Å². The van der Waals surface area contributed by atoms with Crippen LogP contribution in [0.25, 0.3) is 0 Å². The largest absolute Gasteiger partial charge is 0.481 e. The minimum absolute atomic E-state index is 0.0856. The number of carbonyl (C=O) groups is 2. The number of thiazole rings is 1. The molecule has 0 unspecified atom stereocenters. The first-order chi connectivity index (χ1) is 9.61. The Labute approximate surface area is 125 Å². The lowest BCUT2D eigenvalue weighted by molar-refractivity contribution is -0.137. The standard InChI is InChI=1S/C12H18N2O4S2/c1-18-5-6-19-8-10(15)14-12-13-9(7-20-12)3-2-4-11(16)17/h7H,2-6,8H2,1H3,(H,16,17)(H,13,14,15). The van der Waals surface area contributed by atoms with Crippen molar-refractivity contribution in [2.75, 3.05) is 30.5 Å². The summed E-state index contributed by atoms with van der Waals surface area (Å²) in [5.74, 6) is 0.263. The number of nitrogens with one attached hydrogen (secondary N) is 1. The summed E-state index contributed by atoms with van der Waals surface area (Å²) in [5.41, 5.74) is 0.818. The molecule has 1 aromatic rings. The first-order valence-corrected chi connectivity index (χ1v) is 8.18. The van der Waals surface area contributed by atoms with E-state index in [0.29, 0.717) is 30.3 Å². The van der Waals surface area contributed by atoms with E-state index in [-0.39, 0.29) is 12.3 Å². The number of thioether (sulfide) groups is 1. The number of carboxylic acid groups (broad SMARTS) is 1. The Kier molecular flexibility index (Phi) is 8.24. The molecule has 2 N–H and O–H groups in total. The van der Waals surface area contributed by atoms with Gasteiger partial charge in [-0.15, -0.1) is 23.1 Å². The van der Waals surface area contributed by atoms with Crippen LogP contribution in [0.4, 0.5) is 5.13 Å². The molecule has 20 heavy (non-hydrogen) atoms. The van der Waals surface area contributed by atoms with E-state index in [1.165, 1.54) is 23.1 Å². The highest BCUT2D eigenvalue weighted by molar-refractivity contribution is 7.99. The van der Waals surface area contributed by atoms with Gasteiger partial charge in [-0.2, -0.15) is 0 Å². The lowest BCUT2D eigenvalue weighted by Gasteiger charge is -2.01. The molecular formula is C12H18N2O4S2. The molecule has 112 valence electrons. The number of rotatable bonds is 10. The summed E-state index contributed by atoms with van der Waals surface area (Å²) in [6.07, 6.45) is 1.30. The van der Waals surface area contributed by atoms with Crippen LogP contribution in [-0.2, 0) is 20.7 Å². The van der Waals surface area contributed by atoms with Crippen molar-refractivity contribution in [3.63, 3.8) is 0 Å². The third-order valence-corrected chi connectivity index (χ3v) is 4.01.